The molecule has 1 N–H and O–H groups in total. The first-order valence-electron chi connectivity index (χ1n) is 9.44. The summed E-state index contributed by atoms with van der Waals surface area (Å²) >= 11 is 1.21. The molecule has 0 aliphatic rings. The highest BCUT2D eigenvalue weighted by Crippen LogP contribution is 2.28. The van der Waals surface area contributed by atoms with Crippen molar-refractivity contribution in [1.82, 2.24) is 14.3 Å². The number of rotatable bonds is 5. The highest BCUT2D eigenvalue weighted by atomic mass is 32.2. The Labute approximate surface area is 179 Å². The van der Waals surface area contributed by atoms with Crippen LogP contribution in [0.4, 0.5) is 5.69 Å². The Hall–Kier alpha value is -3.31. The maximum absolute atomic E-state index is 13.0. The molecule has 0 radical (unpaired) electrons. The molecule has 0 fully saturated rings. The molecule has 3 rings (SSSR count). The second-order valence-corrected chi connectivity index (χ2v) is 8.39. The van der Waals surface area contributed by atoms with Gasteiger partial charge in [0.25, 0.3) is 5.56 Å². The number of anilines is 1. The first-order chi connectivity index (χ1) is 14.2. The van der Waals surface area contributed by atoms with Crippen LogP contribution in [0.25, 0.3) is 5.69 Å². The molecule has 0 saturated heterocycles. The normalized spacial score (nSPS) is 11.7. The van der Waals surface area contributed by atoms with Crippen molar-refractivity contribution in [2.24, 2.45) is 7.05 Å². The summed E-state index contributed by atoms with van der Waals surface area (Å²) < 4.78 is 3.23. The molecule has 1 aromatic carbocycles. The average Bonchev–Trinajstić information content (AvgIpc) is 2.91. The van der Waals surface area contributed by atoms with Crippen molar-refractivity contribution in [3.8, 4) is 11.8 Å². The van der Waals surface area contributed by atoms with E-state index in [0.717, 1.165) is 11.3 Å². The van der Waals surface area contributed by atoms with E-state index < -0.39 is 5.25 Å². The van der Waals surface area contributed by atoms with Gasteiger partial charge in [0.2, 0.25) is 5.91 Å². The van der Waals surface area contributed by atoms with Gasteiger partial charge in [-0.1, -0.05) is 30.0 Å². The molecule has 0 spiro atoms. The van der Waals surface area contributed by atoms with Crippen LogP contribution in [0, 0.1) is 32.1 Å². The topological polar surface area (TPSA) is 92.7 Å². The van der Waals surface area contributed by atoms with Gasteiger partial charge in [0.1, 0.15) is 16.8 Å². The Balaban J connectivity index is 1.87. The molecule has 1 atom stereocenters. The number of para-hydroxylation sites is 1. The van der Waals surface area contributed by atoms with Crippen LogP contribution in [0.2, 0.25) is 0 Å². The summed E-state index contributed by atoms with van der Waals surface area (Å²) in [5.41, 5.74) is 3.39. The summed E-state index contributed by atoms with van der Waals surface area (Å²) in [6.45, 7) is 7.21. The fraction of sp³-hybridized carbons (Fsp3) is 0.273. The number of pyridine rings is 1. The Morgan fingerprint density at radius 2 is 1.90 bits per heavy atom. The van der Waals surface area contributed by atoms with Crippen molar-refractivity contribution in [1.29, 1.82) is 5.26 Å². The third-order valence-electron chi connectivity index (χ3n) is 4.88. The number of nitriles is 1. The first kappa shape index (κ1) is 21.4. The first-order valence-corrected chi connectivity index (χ1v) is 10.3. The van der Waals surface area contributed by atoms with Crippen molar-refractivity contribution in [3.63, 3.8) is 0 Å². The molecule has 2 aromatic heterocycles. The summed E-state index contributed by atoms with van der Waals surface area (Å²) in [4.78, 5) is 30.2. The quantitative estimate of drug-likeness (QED) is 0.637. The lowest BCUT2D eigenvalue weighted by Crippen LogP contribution is -2.27. The van der Waals surface area contributed by atoms with E-state index in [2.05, 4.69) is 16.4 Å². The zero-order valence-corrected chi connectivity index (χ0v) is 18.4. The monoisotopic (exact) mass is 421 g/mol. The molecule has 1 amide bonds. The second-order valence-electron chi connectivity index (χ2n) is 7.06. The van der Waals surface area contributed by atoms with Crippen LogP contribution < -0.4 is 10.9 Å². The zero-order valence-electron chi connectivity index (χ0n) is 17.6. The number of nitrogens with zero attached hydrogens (tertiary/aromatic N) is 4. The molecular weight excluding hydrogens is 398 g/mol. The fourth-order valence-electron chi connectivity index (χ4n) is 3.18. The molecule has 154 valence electrons. The molecule has 2 heterocycles. The van der Waals surface area contributed by atoms with Crippen LogP contribution in [-0.4, -0.2) is 25.5 Å². The lowest BCUT2D eigenvalue weighted by Gasteiger charge is -2.13. The molecule has 8 heteroatoms. The maximum Gasteiger partial charge on any atom is 0.295 e. The van der Waals surface area contributed by atoms with Gasteiger partial charge < -0.3 is 5.32 Å². The van der Waals surface area contributed by atoms with E-state index in [-0.39, 0.29) is 17.2 Å². The van der Waals surface area contributed by atoms with Gasteiger partial charge >= 0.3 is 0 Å². The number of carbonyl (C=O) groups excluding carboxylic acids is 1. The minimum Gasteiger partial charge on any atom is -0.319 e. The number of hydrogen-bond donors (Lipinski definition) is 1. The number of amides is 1. The molecule has 3 aromatic rings. The summed E-state index contributed by atoms with van der Waals surface area (Å²) in [5.74, 6) is -0.323. The van der Waals surface area contributed by atoms with Gasteiger partial charge in [0, 0.05) is 12.7 Å². The molecule has 0 unspecified atom stereocenters. The van der Waals surface area contributed by atoms with Crippen molar-refractivity contribution >= 4 is 23.4 Å². The summed E-state index contributed by atoms with van der Waals surface area (Å²) in [7, 11) is 1.77. The lowest BCUT2D eigenvalue weighted by atomic mass is 10.1. The van der Waals surface area contributed by atoms with Crippen LogP contribution >= 0.6 is 11.8 Å². The van der Waals surface area contributed by atoms with Gasteiger partial charge in [0.15, 0.2) is 0 Å². The van der Waals surface area contributed by atoms with Gasteiger partial charge in [-0.05, 0) is 51.5 Å². The Kier molecular flexibility index (Phi) is 6.13. The number of aromatic nitrogens is 3. The van der Waals surface area contributed by atoms with Crippen molar-refractivity contribution in [2.75, 3.05) is 5.32 Å². The van der Waals surface area contributed by atoms with E-state index in [1.165, 1.54) is 16.4 Å². The highest BCUT2D eigenvalue weighted by molar-refractivity contribution is 8.00. The van der Waals surface area contributed by atoms with E-state index in [1.54, 1.807) is 25.6 Å². The van der Waals surface area contributed by atoms with E-state index in [1.807, 2.05) is 50.2 Å². The average molecular weight is 422 g/mol. The van der Waals surface area contributed by atoms with Gasteiger partial charge in [0.05, 0.1) is 22.2 Å². The molecule has 0 bridgehead atoms. The molecule has 0 saturated carbocycles. The number of carbonyl (C=O) groups is 1. The number of aryl methyl sites for hydroxylation is 2. The van der Waals surface area contributed by atoms with E-state index in [4.69, 9.17) is 0 Å². The van der Waals surface area contributed by atoms with E-state index in [9.17, 15) is 14.9 Å². The summed E-state index contributed by atoms with van der Waals surface area (Å²) in [6, 6.07) is 13.2. The van der Waals surface area contributed by atoms with Gasteiger partial charge in [-0.15, -0.1) is 0 Å². The van der Waals surface area contributed by atoms with Crippen LogP contribution in [0.15, 0.2) is 46.2 Å². The number of benzene rings is 1. The smallest absolute Gasteiger partial charge is 0.295 e. The molecule has 30 heavy (non-hydrogen) atoms. The number of hydrogen-bond acceptors (Lipinski definition) is 5. The van der Waals surface area contributed by atoms with Gasteiger partial charge in [-0.3, -0.25) is 14.3 Å². The highest BCUT2D eigenvalue weighted by Gasteiger charge is 2.23. The number of thioether (sulfide) groups is 1. The second kappa shape index (κ2) is 8.59. The predicted octanol–water partition coefficient (Wildman–Crippen LogP) is 3.49. The van der Waals surface area contributed by atoms with Crippen molar-refractivity contribution in [3.05, 3.63) is 69.3 Å². The third kappa shape index (κ3) is 4.02. The van der Waals surface area contributed by atoms with Gasteiger partial charge in [-0.25, -0.2) is 9.67 Å². The van der Waals surface area contributed by atoms with Crippen molar-refractivity contribution in [2.45, 2.75) is 38.0 Å². The SMILES string of the molecule is Cc1cc(C)c(C#N)c(S[C@H](C)C(=O)Nc2c(C)n(C)n(-c3ccccc3)c2=O)n1. The van der Waals surface area contributed by atoms with Crippen molar-refractivity contribution < 1.29 is 4.79 Å². The molecular formula is C22H23N5O2S. The van der Waals surface area contributed by atoms with E-state index in [0.29, 0.717) is 22.0 Å². The Morgan fingerprint density at radius 1 is 1.23 bits per heavy atom. The van der Waals surface area contributed by atoms with Crippen LogP contribution in [0.5, 0.6) is 0 Å². The molecule has 0 aliphatic carbocycles. The predicted molar refractivity (Wildman–Crippen MR) is 118 cm³/mol. The Morgan fingerprint density at radius 3 is 2.53 bits per heavy atom. The standard InChI is InChI=1S/C22H23N5O2S/c1-13-11-14(2)24-21(18(13)12-23)30-16(4)20(28)25-19-15(3)26(5)27(22(19)29)17-9-7-6-8-10-17/h6-11,16H,1-5H3,(H,25,28)/t16-/m1/s1. The maximum atomic E-state index is 13.0. The largest absolute Gasteiger partial charge is 0.319 e. The zero-order chi connectivity index (χ0) is 22.0. The minimum absolute atomic E-state index is 0.243. The van der Waals surface area contributed by atoms with Crippen LogP contribution in [-0.2, 0) is 11.8 Å². The van der Waals surface area contributed by atoms with Crippen LogP contribution in [0.1, 0.15) is 29.4 Å². The number of nitrogens with one attached hydrogen (secondary N) is 1. The Bertz CT molecular complexity index is 1200. The summed E-state index contributed by atoms with van der Waals surface area (Å²) in [6.07, 6.45) is 0. The third-order valence-corrected chi connectivity index (χ3v) is 5.97. The molecule has 7 nitrogen and oxygen atoms in total. The van der Waals surface area contributed by atoms with E-state index >= 15 is 0 Å². The van der Waals surface area contributed by atoms with Gasteiger partial charge in [-0.2, -0.15) is 5.26 Å². The fourth-order valence-corrected chi connectivity index (χ4v) is 4.20. The molecule has 0 aliphatic heterocycles. The minimum atomic E-state index is -0.546. The summed E-state index contributed by atoms with van der Waals surface area (Å²) in [5, 5.41) is 12.2. The van der Waals surface area contributed by atoms with Crippen LogP contribution in [0.3, 0.4) is 0 Å². The lowest BCUT2D eigenvalue weighted by molar-refractivity contribution is -0.115.